The second-order valence-electron chi connectivity index (χ2n) is 4.57. The molecule has 1 aliphatic carbocycles. The number of urea groups is 1. The monoisotopic (exact) mass is 236 g/mol. The van der Waals surface area contributed by atoms with E-state index >= 15 is 0 Å². The molecule has 1 atom stereocenters. The van der Waals surface area contributed by atoms with Crippen LogP contribution in [-0.2, 0) is 0 Å². The van der Waals surface area contributed by atoms with Crippen LogP contribution in [-0.4, -0.2) is 12.6 Å². The molecule has 0 spiro atoms. The highest BCUT2D eigenvalue weighted by Gasteiger charge is 2.21. The van der Waals surface area contributed by atoms with Crippen molar-refractivity contribution in [3.8, 4) is 0 Å². The van der Waals surface area contributed by atoms with Crippen molar-refractivity contribution in [2.45, 2.75) is 25.8 Å². The number of benzene rings is 1. The third-order valence-corrected chi connectivity index (χ3v) is 2.97. The first-order valence-electron chi connectivity index (χ1n) is 5.95. The van der Waals surface area contributed by atoms with Crippen LogP contribution in [0.2, 0.25) is 0 Å². The Kier molecular flexibility index (Phi) is 3.61. The fraction of sp³-hybridized carbons (Fsp3) is 0.462. The molecular weight excluding hydrogens is 219 g/mol. The van der Waals surface area contributed by atoms with Crippen molar-refractivity contribution in [1.82, 2.24) is 10.6 Å². The van der Waals surface area contributed by atoms with Crippen molar-refractivity contribution in [2.24, 2.45) is 5.92 Å². The molecule has 1 aromatic rings. The number of carbonyl (C=O) groups is 1. The van der Waals surface area contributed by atoms with E-state index in [1.54, 1.807) is 12.1 Å². The van der Waals surface area contributed by atoms with Crippen LogP contribution in [0.25, 0.3) is 0 Å². The third-order valence-electron chi connectivity index (χ3n) is 2.97. The van der Waals surface area contributed by atoms with Crippen molar-refractivity contribution in [3.63, 3.8) is 0 Å². The number of hydrogen-bond donors (Lipinski definition) is 2. The second-order valence-corrected chi connectivity index (χ2v) is 4.57. The average molecular weight is 236 g/mol. The molecule has 1 saturated carbocycles. The predicted molar refractivity (Wildman–Crippen MR) is 64.1 cm³/mol. The molecule has 1 aliphatic rings. The summed E-state index contributed by atoms with van der Waals surface area (Å²) in [5.41, 5.74) is 0.896. The lowest BCUT2D eigenvalue weighted by Crippen LogP contribution is -2.38. The largest absolute Gasteiger partial charge is 0.338 e. The molecule has 2 amide bonds. The maximum absolute atomic E-state index is 12.7. The minimum absolute atomic E-state index is 0.116. The zero-order chi connectivity index (χ0) is 12.3. The molecule has 0 saturated heterocycles. The maximum Gasteiger partial charge on any atom is 0.315 e. The number of amides is 2. The van der Waals surface area contributed by atoms with Gasteiger partial charge >= 0.3 is 6.03 Å². The van der Waals surface area contributed by atoms with E-state index in [9.17, 15) is 9.18 Å². The highest BCUT2D eigenvalue weighted by Crippen LogP contribution is 2.27. The molecule has 2 rings (SSSR count). The first-order valence-corrected chi connectivity index (χ1v) is 5.95. The molecule has 2 N–H and O–H groups in total. The van der Waals surface area contributed by atoms with E-state index in [1.165, 1.54) is 25.0 Å². The predicted octanol–water partition coefficient (Wildman–Crippen LogP) is 2.60. The maximum atomic E-state index is 12.7. The number of halogens is 1. The van der Waals surface area contributed by atoms with Crippen LogP contribution in [0.15, 0.2) is 24.3 Å². The lowest BCUT2D eigenvalue weighted by molar-refractivity contribution is 0.237. The minimum Gasteiger partial charge on any atom is -0.338 e. The van der Waals surface area contributed by atoms with Crippen molar-refractivity contribution in [1.29, 1.82) is 0 Å². The molecule has 1 fully saturated rings. The van der Waals surface area contributed by atoms with Gasteiger partial charge in [-0.1, -0.05) is 12.1 Å². The summed E-state index contributed by atoms with van der Waals surface area (Å²) in [6.07, 6.45) is 2.43. The molecule has 4 heteroatoms. The fourth-order valence-corrected chi connectivity index (χ4v) is 1.64. The van der Waals surface area contributed by atoms with Gasteiger partial charge in [0.05, 0.1) is 6.04 Å². The molecule has 92 valence electrons. The summed E-state index contributed by atoms with van der Waals surface area (Å²) in [7, 11) is 0. The summed E-state index contributed by atoms with van der Waals surface area (Å²) in [5.74, 6) is 0.404. The van der Waals surface area contributed by atoms with E-state index in [0.717, 1.165) is 12.1 Å². The van der Waals surface area contributed by atoms with Gasteiger partial charge in [-0.05, 0) is 43.4 Å². The Morgan fingerprint density at radius 2 is 2.06 bits per heavy atom. The Labute approximate surface area is 100 Å². The highest BCUT2D eigenvalue weighted by atomic mass is 19.1. The van der Waals surface area contributed by atoms with Crippen molar-refractivity contribution >= 4 is 6.03 Å². The molecule has 17 heavy (non-hydrogen) atoms. The van der Waals surface area contributed by atoms with Crippen LogP contribution < -0.4 is 10.6 Å². The molecule has 0 heterocycles. The molecule has 3 nitrogen and oxygen atoms in total. The zero-order valence-corrected chi connectivity index (χ0v) is 9.87. The van der Waals surface area contributed by atoms with E-state index in [4.69, 9.17) is 0 Å². The van der Waals surface area contributed by atoms with E-state index < -0.39 is 0 Å². The van der Waals surface area contributed by atoms with Crippen LogP contribution in [0.3, 0.4) is 0 Å². The summed E-state index contributed by atoms with van der Waals surface area (Å²) in [6.45, 7) is 2.63. The Morgan fingerprint density at radius 3 is 2.65 bits per heavy atom. The SMILES string of the molecule is C[C@H](NC(=O)NCC1CC1)c1ccc(F)cc1. The van der Waals surface area contributed by atoms with Crippen molar-refractivity contribution in [3.05, 3.63) is 35.6 Å². The molecule has 1 aromatic carbocycles. The quantitative estimate of drug-likeness (QED) is 0.829. The smallest absolute Gasteiger partial charge is 0.315 e. The van der Waals surface area contributed by atoms with E-state index in [0.29, 0.717) is 5.92 Å². The van der Waals surface area contributed by atoms with Gasteiger partial charge in [-0.2, -0.15) is 0 Å². The second kappa shape index (κ2) is 5.17. The number of rotatable bonds is 4. The highest BCUT2D eigenvalue weighted by molar-refractivity contribution is 5.74. The summed E-state index contributed by atoms with van der Waals surface area (Å²) < 4.78 is 12.7. The van der Waals surface area contributed by atoms with Gasteiger partial charge in [0.25, 0.3) is 0 Å². The number of nitrogens with one attached hydrogen (secondary N) is 2. The van der Waals surface area contributed by atoms with Gasteiger partial charge in [-0.25, -0.2) is 9.18 Å². The molecule has 0 aliphatic heterocycles. The molecule has 0 radical (unpaired) electrons. The number of hydrogen-bond acceptors (Lipinski definition) is 1. The summed E-state index contributed by atoms with van der Waals surface area (Å²) in [6, 6.07) is 5.89. The van der Waals surface area contributed by atoms with E-state index in [-0.39, 0.29) is 17.9 Å². The van der Waals surface area contributed by atoms with Gasteiger partial charge in [0, 0.05) is 6.54 Å². The van der Waals surface area contributed by atoms with Crippen LogP contribution >= 0.6 is 0 Å². The van der Waals surface area contributed by atoms with Crippen LogP contribution in [0.1, 0.15) is 31.4 Å². The third kappa shape index (κ3) is 3.73. The lowest BCUT2D eigenvalue weighted by Gasteiger charge is -2.14. The van der Waals surface area contributed by atoms with Gasteiger partial charge in [0.15, 0.2) is 0 Å². The number of carbonyl (C=O) groups excluding carboxylic acids is 1. The average Bonchev–Trinajstić information content (AvgIpc) is 3.11. The Bertz CT molecular complexity index is 387. The molecule has 0 unspecified atom stereocenters. The lowest BCUT2D eigenvalue weighted by atomic mass is 10.1. The zero-order valence-electron chi connectivity index (χ0n) is 9.87. The molecule has 0 aromatic heterocycles. The van der Waals surface area contributed by atoms with E-state index in [1.807, 2.05) is 6.92 Å². The van der Waals surface area contributed by atoms with Crippen LogP contribution in [0.4, 0.5) is 9.18 Å². The van der Waals surface area contributed by atoms with E-state index in [2.05, 4.69) is 10.6 Å². The van der Waals surface area contributed by atoms with Gasteiger partial charge in [0.2, 0.25) is 0 Å². The Hall–Kier alpha value is -1.58. The van der Waals surface area contributed by atoms with Crippen LogP contribution in [0, 0.1) is 11.7 Å². The molecule has 0 bridgehead atoms. The minimum atomic E-state index is -0.265. The van der Waals surface area contributed by atoms with Crippen molar-refractivity contribution in [2.75, 3.05) is 6.54 Å². The van der Waals surface area contributed by atoms with Crippen molar-refractivity contribution < 1.29 is 9.18 Å². The van der Waals surface area contributed by atoms with Gasteiger partial charge in [-0.15, -0.1) is 0 Å². The standard InChI is InChI=1S/C13H17FN2O/c1-9(11-4-6-12(14)7-5-11)16-13(17)15-8-10-2-3-10/h4-7,9-10H,2-3,8H2,1H3,(H2,15,16,17)/t9-/m0/s1. The molecular formula is C13H17FN2O. The summed E-state index contributed by atoms with van der Waals surface area (Å²) >= 11 is 0. The Morgan fingerprint density at radius 1 is 1.41 bits per heavy atom. The first-order chi connectivity index (χ1) is 8.15. The fourth-order valence-electron chi connectivity index (χ4n) is 1.64. The van der Waals surface area contributed by atoms with Gasteiger partial charge < -0.3 is 10.6 Å². The summed E-state index contributed by atoms with van der Waals surface area (Å²) in [4.78, 5) is 11.5. The van der Waals surface area contributed by atoms with Crippen LogP contribution in [0.5, 0.6) is 0 Å². The summed E-state index contributed by atoms with van der Waals surface area (Å²) in [5, 5.41) is 5.66. The topological polar surface area (TPSA) is 41.1 Å². The Balaban J connectivity index is 1.80. The van der Waals surface area contributed by atoms with Gasteiger partial charge in [-0.3, -0.25) is 0 Å². The van der Waals surface area contributed by atoms with Gasteiger partial charge in [0.1, 0.15) is 5.82 Å². The normalized spacial score (nSPS) is 16.4. The first kappa shape index (κ1) is 11.9.